The number of rotatable bonds is 0. The lowest BCUT2D eigenvalue weighted by atomic mass is 9.61. The smallest absolute Gasteiger partial charge is 0.312 e. The number of esters is 1. The summed E-state index contributed by atoms with van der Waals surface area (Å²) in [6.07, 6.45) is 8.15. The van der Waals surface area contributed by atoms with Crippen LogP contribution in [0.1, 0.15) is 52.4 Å². The van der Waals surface area contributed by atoms with Crippen molar-refractivity contribution in [2.75, 3.05) is 0 Å². The van der Waals surface area contributed by atoms with Gasteiger partial charge in [0, 0.05) is 5.92 Å². The molecule has 0 amide bonds. The molecular formula is C14H22O2. The van der Waals surface area contributed by atoms with Crippen molar-refractivity contribution in [3.8, 4) is 0 Å². The first kappa shape index (κ1) is 10.6. The maximum Gasteiger partial charge on any atom is 0.312 e. The maximum atomic E-state index is 11.9. The quantitative estimate of drug-likeness (QED) is 0.588. The van der Waals surface area contributed by atoms with Gasteiger partial charge in [0.15, 0.2) is 0 Å². The van der Waals surface area contributed by atoms with E-state index in [2.05, 4.69) is 13.8 Å². The number of fused-ring (bicyclic) bond motifs is 3. The van der Waals surface area contributed by atoms with Gasteiger partial charge in [-0.15, -0.1) is 0 Å². The molecule has 1 aliphatic heterocycles. The molecule has 4 atom stereocenters. The van der Waals surface area contributed by atoms with E-state index in [4.69, 9.17) is 4.74 Å². The zero-order chi connectivity index (χ0) is 11.3. The lowest BCUT2D eigenvalue weighted by Gasteiger charge is -2.43. The van der Waals surface area contributed by atoms with E-state index in [1.165, 1.54) is 38.5 Å². The third-order valence-corrected chi connectivity index (χ3v) is 5.33. The molecular weight excluding hydrogens is 200 g/mol. The normalized spacial score (nSPS) is 45.8. The van der Waals surface area contributed by atoms with Crippen LogP contribution < -0.4 is 0 Å². The average molecular weight is 222 g/mol. The molecule has 3 fully saturated rings. The predicted molar refractivity (Wildman–Crippen MR) is 61.8 cm³/mol. The second-order valence-electron chi connectivity index (χ2n) is 6.48. The highest BCUT2D eigenvalue weighted by Crippen LogP contribution is 2.53. The number of ether oxygens (including phenoxy) is 1. The SMILES string of the molecule is CC1(C)C(=O)OC2C3CCCCC3CCC21. The van der Waals surface area contributed by atoms with Crippen molar-refractivity contribution in [3.05, 3.63) is 0 Å². The molecule has 0 aromatic rings. The summed E-state index contributed by atoms with van der Waals surface area (Å²) >= 11 is 0. The summed E-state index contributed by atoms with van der Waals surface area (Å²) in [5.74, 6) is 2.06. The zero-order valence-corrected chi connectivity index (χ0v) is 10.4. The fourth-order valence-electron chi connectivity index (χ4n) is 4.25. The van der Waals surface area contributed by atoms with Crippen molar-refractivity contribution in [2.45, 2.75) is 58.5 Å². The average Bonchev–Trinajstić information content (AvgIpc) is 2.51. The van der Waals surface area contributed by atoms with Crippen molar-refractivity contribution >= 4 is 5.97 Å². The summed E-state index contributed by atoms with van der Waals surface area (Å²) in [5, 5.41) is 0. The fraction of sp³-hybridized carbons (Fsp3) is 0.929. The molecule has 1 saturated heterocycles. The van der Waals surface area contributed by atoms with Gasteiger partial charge in [0.2, 0.25) is 0 Å². The van der Waals surface area contributed by atoms with Crippen LogP contribution in [0.4, 0.5) is 0 Å². The van der Waals surface area contributed by atoms with Crippen LogP contribution in [0.3, 0.4) is 0 Å². The van der Waals surface area contributed by atoms with E-state index in [0.29, 0.717) is 11.8 Å². The van der Waals surface area contributed by atoms with Crippen molar-refractivity contribution in [1.82, 2.24) is 0 Å². The summed E-state index contributed by atoms with van der Waals surface area (Å²) in [6, 6.07) is 0. The van der Waals surface area contributed by atoms with Crippen LogP contribution in [-0.4, -0.2) is 12.1 Å². The maximum absolute atomic E-state index is 11.9. The van der Waals surface area contributed by atoms with Gasteiger partial charge in [-0.3, -0.25) is 4.79 Å². The molecule has 0 radical (unpaired) electrons. The van der Waals surface area contributed by atoms with Gasteiger partial charge in [0.1, 0.15) is 6.10 Å². The first-order valence-electron chi connectivity index (χ1n) is 6.82. The van der Waals surface area contributed by atoms with Crippen LogP contribution in [0.15, 0.2) is 0 Å². The van der Waals surface area contributed by atoms with Crippen LogP contribution in [-0.2, 0) is 9.53 Å². The van der Waals surface area contributed by atoms with Crippen molar-refractivity contribution in [2.24, 2.45) is 23.2 Å². The van der Waals surface area contributed by atoms with Crippen LogP contribution in [0.25, 0.3) is 0 Å². The van der Waals surface area contributed by atoms with Crippen molar-refractivity contribution in [3.63, 3.8) is 0 Å². The summed E-state index contributed by atoms with van der Waals surface area (Å²) in [7, 11) is 0. The summed E-state index contributed by atoms with van der Waals surface area (Å²) < 4.78 is 5.71. The van der Waals surface area contributed by atoms with E-state index < -0.39 is 0 Å². The van der Waals surface area contributed by atoms with Gasteiger partial charge >= 0.3 is 5.97 Å². The molecule has 0 spiro atoms. The molecule has 3 rings (SSSR count). The monoisotopic (exact) mass is 222 g/mol. The largest absolute Gasteiger partial charge is 0.461 e. The third kappa shape index (κ3) is 1.34. The Hall–Kier alpha value is -0.530. The van der Waals surface area contributed by atoms with Crippen LogP contribution >= 0.6 is 0 Å². The summed E-state index contributed by atoms with van der Waals surface area (Å²) in [6.45, 7) is 4.15. The second kappa shape index (κ2) is 3.48. The molecule has 4 unspecified atom stereocenters. The molecule has 2 aliphatic carbocycles. The molecule has 90 valence electrons. The summed E-state index contributed by atoms with van der Waals surface area (Å²) in [4.78, 5) is 11.9. The Labute approximate surface area is 97.7 Å². The molecule has 1 heterocycles. The van der Waals surface area contributed by atoms with E-state index in [0.717, 1.165) is 5.92 Å². The number of hydrogen-bond donors (Lipinski definition) is 0. The van der Waals surface area contributed by atoms with Crippen LogP contribution in [0, 0.1) is 23.2 Å². The van der Waals surface area contributed by atoms with Crippen molar-refractivity contribution < 1.29 is 9.53 Å². The van der Waals surface area contributed by atoms with Crippen LogP contribution in [0.5, 0.6) is 0 Å². The minimum atomic E-state index is -0.229. The molecule has 2 saturated carbocycles. The van der Waals surface area contributed by atoms with Gasteiger partial charge in [-0.25, -0.2) is 0 Å². The topological polar surface area (TPSA) is 26.3 Å². The molecule has 16 heavy (non-hydrogen) atoms. The number of carbonyl (C=O) groups excluding carboxylic acids is 1. The molecule has 0 N–H and O–H groups in total. The second-order valence-corrected chi connectivity index (χ2v) is 6.48. The number of hydrogen-bond acceptors (Lipinski definition) is 2. The molecule has 0 aromatic heterocycles. The fourth-order valence-corrected chi connectivity index (χ4v) is 4.25. The Morgan fingerprint density at radius 1 is 1.12 bits per heavy atom. The Kier molecular flexibility index (Phi) is 2.31. The highest BCUT2D eigenvalue weighted by molar-refractivity contribution is 5.78. The van der Waals surface area contributed by atoms with Crippen LogP contribution in [0.2, 0.25) is 0 Å². The minimum absolute atomic E-state index is 0.0497. The molecule has 0 bridgehead atoms. The van der Waals surface area contributed by atoms with Gasteiger partial charge in [-0.1, -0.05) is 19.3 Å². The number of carbonyl (C=O) groups is 1. The molecule has 0 aromatic carbocycles. The Morgan fingerprint density at radius 3 is 2.69 bits per heavy atom. The van der Waals surface area contributed by atoms with E-state index in [1.807, 2.05) is 0 Å². The van der Waals surface area contributed by atoms with Gasteiger partial charge in [-0.2, -0.15) is 0 Å². The zero-order valence-electron chi connectivity index (χ0n) is 10.4. The summed E-state index contributed by atoms with van der Waals surface area (Å²) in [5.41, 5.74) is -0.229. The molecule has 3 aliphatic rings. The minimum Gasteiger partial charge on any atom is -0.461 e. The van der Waals surface area contributed by atoms with Crippen molar-refractivity contribution in [1.29, 1.82) is 0 Å². The first-order valence-corrected chi connectivity index (χ1v) is 6.82. The molecule has 2 nitrogen and oxygen atoms in total. The lowest BCUT2D eigenvalue weighted by molar-refractivity contribution is -0.150. The highest BCUT2D eigenvalue weighted by Gasteiger charge is 2.56. The van der Waals surface area contributed by atoms with Gasteiger partial charge in [0.05, 0.1) is 5.41 Å². The Balaban J connectivity index is 1.86. The standard InChI is InChI=1S/C14H22O2/c1-14(2)11-8-7-9-5-3-4-6-10(9)12(11)16-13(14)15/h9-12H,3-8H2,1-2H3. The first-order chi connectivity index (χ1) is 7.60. The van der Waals surface area contributed by atoms with Gasteiger partial charge < -0.3 is 4.74 Å². The lowest BCUT2D eigenvalue weighted by Crippen LogP contribution is -2.41. The van der Waals surface area contributed by atoms with Gasteiger partial charge in [-0.05, 0) is 44.9 Å². The van der Waals surface area contributed by atoms with E-state index in [9.17, 15) is 4.79 Å². The molecule has 2 heteroatoms. The predicted octanol–water partition coefficient (Wildman–Crippen LogP) is 3.15. The Morgan fingerprint density at radius 2 is 1.88 bits per heavy atom. The Bertz CT molecular complexity index is 308. The van der Waals surface area contributed by atoms with Gasteiger partial charge in [0.25, 0.3) is 0 Å². The van der Waals surface area contributed by atoms with E-state index in [-0.39, 0.29) is 17.5 Å². The van der Waals surface area contributed by atoms with E-state index >= 15 is 0 Å². The highest BCUT2D eigenvalue weighted by atomic mass is 16.6. The van der Waals surface area contributed by atoms with E-state index in [1.54, 1.807) is 0 Å². The third-order valence-electron chi connectivity index (χ3n) is 5.33.